The van der Waals surface area contributed by atoms with Gasteiger partial charge in [-0.2, -0.15) is 0 Å². The standard InChI is InChI=1S/C25H30ClN3O2/c1-24(2)13-18(14-25(3,4)31-24)21-16-29(15-17-8-6-9-19(26)12-17)22(28-21)20-10-7-11-27-23(20)30-5/h6-12,16,18H,13-15H2,1-5H3. The Morgan fingerprint density at radius 3 is 2.55 bits per heavy atom. The van der Waals surface area contributed by atoms with E-state index in [-0.39, 0.29) is 11.2 Å². The maximum absolute atomic E-state index is 6.30. The molecule has 5 nitrogen and oxygen atoms in total. The van der Waals surface area contributed by atoms with Crippen molar-refractivity contribution < 1.29 is 9.47 Å². The Morgan fingerprint density at radius 1 is 1.13 bits per heavy atom. The highest BCUT2D eigenvalue weighted by Gasteiger charge is 2.40. The molecule has 31 heavy (non-hydrogen) atoms. The highest BCUT2D eigenvalue weighted by Crippen LogP contribution is 2.43. The molecule has 3 aromatic rings. The van der Waals surface area contributed by atoms with E-state index in [1.165, 1.54) is 0 Å². The predicted molar refractivity (Wildman–Crippen MR) is 124 cm³/mol. The van der Waals surface area contributed by atoms with Crippen molar-refractivity contribution in [1.82, 2.24) is 14.5 Å². The topological polar surface area (TPSA) is 49.2 Å². The number of nitrogens with zero attached hydrogens (tertiary/aromatic N) is 3. The number of rotatable bonds is 5. The summed E-state index contributed by atoms with van der Waals surface area (Å²) in [5, 5.41) is 0.728. The van der Waals surface area contributed by atoms with Crippen LogP contribution in [0, 0.1) is 0 Å². The van der Waals surface area contributed by atoms with Gasteiger partial charge in [0.1, 0.15) is 5.82 Å². The van der Waals surface area contributed by atoms with E-state index < -0.39 is 0 Å². The molecular weight excluding hydrogens is 410 g/mol. The molecule has 2 aromatic heterocycles. The summed E-state index contributed by atoms with van der Waals surface area (Å²) in [6.07, 6.45) is 5.75. The van der Waals surface area contributed by atoms with Gasteiger partial charge in [-0.15, -0.1) is 0 Å². The maximum atomic E-state index is 6.30. The van der Waals surface area contributed by atoms with Crippen molar-refractivity contribution in [3.8, 4) is 17.3 Å². The van der Waals surface area contributed by atoms with Crippen LogP contribution in [0.1, 0.15) is 57.7 Å². The van der Waals surface area contributed by atoms with E-state index in [0.29, 0.717) is 18.3 Å². The van der Waals surface area contributed by atoms with Gasteiger partial charge in [0.15, 0.2) is 0 Å². The zero-order valence-electron chi connectivity index (χ0n) is 18.9. The van der Waals surface area contributed by atoms with Crippen LogP contribution in [0.5, 0.6) is 5.88 Å². The number of pyridine rings is 1. The Bertz CT molecular complexity index is 1060. The Hall–Kier alpha value is -2.37. The van der Waals surface area contributed by atoms with Crippen molar-refractivity contribution in [2.75, 3.05) is 7.11 Å². The Labute approximate surface area is 189 Å². The third-order valence-electron chi connectivity index (χ3n) is 5.69. The Morgan fingerprint density at radius 2 is 1.87 bits per heavy atom. The van der Waals surface area contributed by atoms with Gasteiger partial charge in [0.05, 0.1) is 29.6 Å². The SMILES string of the molecule is COc1ncccc1-c1nc(C2CC(C)(C)OC(C)(C)C2)cn1Cc1cccc(Cl)c1. The lowest BCUT2D eigenvalue weighted by Gasteiger charge is -2.45. The smallest absolute Gasteiger partial charge is 0.224 e. The van der Waals surface area contributed by atoms with E-state index in [1.54, 1.807) is 13.3 Å². The minimum Gasteiger partial charge on any atom is -0.480 e. The number of methoxy groups -OCH3 is 1. The van der Waals surface area contributed by atoms with Crippen LogP contribution < -0.4 is 4.74 Å². The van der Waals surface area contributed by atoms with Gasteiger partial charge in [0.2, 0.25) is 5.88 Å². The summed E-state index contributed by atoms with van der Waals surface area (Å²) in [6.45, 7) is 9.31. The second-order valence-corrected chi connectivity index (χ2v) is 9.97. The molecule has 6 heteroatoms. The lowest BCUT2D eigenvalue weighted by Crippen LogP contribution is -2.44. The summed E-state index contributed by atoms with van der Waals surface area (Å²) in [5.41, 5.74) is 2.68. The normalized spacial score (nSPS) is 18.1. The van der Waals surface area contributed by atoms with Gasteiger partial charge in [-0.1, -0.05) is 23.7 Å². The molecule has 0 N–H and O–H groups in total. The number of ether oxygens (including phenoxy) is 2. The van der Waals surface area contributed by atoms with E-state index in [2.05, 4.69) is 49.5 Å². The van der Waals surface area contributed by atoms with Crippen LogP contribution in [-0.2, 0) is 11.3 Å². The van der Waals surface area contributed by atoms with Gasteiger partial charge in [-0.3, -0.25) is 0 Å². The molecule has 0 aliphatic carbocycles. The van der Waals surface area contributed by atoms with Crippen molar-refractivity contribution in [3.63, 3.8) is 0 Å². The summed E-state index contributed by atoms with van der Waals surface area (Å²) in [4.78, 5) is 9.50. The first-order chi connectivity index (χ1) is 14.7. The fourth-order valence-electron chi connectivity index (χ4n) is 4.82. The molecule has 0 bridgehead atoms. The second kappa shape index (κ2) is 8.29. The van der Waals surface area contributed by atoms with Gasteiger partial charge < -0.3 is 14.0 Å². The summed E-state index contributed by atoms with van der Waals surface area (Å²) < 4.78 is 14.0. The van der Waals surface area contributed by atoms with Crippen molar-refractivity contribution in [3.05, 3.63) is 65.1 Å². The van der Waals surface area contributed by atoms with Crippen molar-refractivity contribution >= 4 is 11.6 Å². The van der Waals surface area contributed by atoms with E-state index in [9.17, 15) is 0 Å². The number of imidazole rings is 1. The fraction of sp³-hybridized carbons (Fsp3) is 0.440. The van der Waals surface area contributed by atoms with Crippen LogP contribution in [-0.4, -0.2) is 32.8 Å². The predicted octanol–water partition coefficient (Wildman–Crippen LogP) is 6.11. The summed E-state index contributed by atoms with van der Waals surface area (Å²) in [7, 11) is 1.64. The summed E-state index contributed by atoms with van der Waals surface area (Å²) in [6, 6.07) is 11.9. The van der Waals surface area contributed by atoms with Crippen molar-refractivity contribution in [1.29, 1.82) is 0 Å². The summed E-state index contributed by atoms with van der Waals surface area (Å²) >= 11 is 6.24. The average molecular weight is 440 g/mol. The minimum atomic E-state index is -0.199. The molecule has 3 heterocycles. The molecule has 1 aliphatic rings. The van der Waals surface area contributed by atoms with Crippen LogP contribution in [0.2, 0.25) is 5.02 Å². The minimum absolute atomic E-state index is 0.199. The highest BCUT2D eigenvalue weighted by atomic mass is 35.5. The average Bonchev–Trinajstić information content (AvgIpc) is 3.09. The highest BCUT2D eigenvalue weighted by molar-refractivity contribution is 6.30. The molecule has 0 radical (unpaired) electrons. The maximum Gasteiger partial charge on any atom is 0.224 e. The van der Waals surface area contributed by atoms with E-state index in [0.717, 1.165) is 40.5 Å². The molecule has 1 saturated heterocycles. The number of halogens is 1. The summed E-state index contributed by atoms with van der Waals surface area (Å²) in [5.74, 6) is 1.72. The lowest BCUT2D eigenvalue weighted by atomic mass is 9.79. The van der Waals surface area contributed by atoms with Gasteiger partial charge in [-0.05, 0) is 70.4 Å². The molecule has 1 aliphatic heterocycles. The zero-order valence-corrected chi connectivity index (χ0v) is 19.6. The van der Waals surface area contributed by atoms with Gasteiger partial charge in [0.25, 0.3) is 0 Å². The quantitative estimate of drug-likeness (QED) is 0.481. The zero-order chi connectivity index (χ0) is 22.2. The number of aromatic nitrogens is 3. The first-order valence-corrected chi connectivity index (χ1v) is 11.0. The first-order valence-electron chi connectivity index (χ1n) is 10.7. The van der Waals surface area contributed by atoms with E-state index in [1.807, 2.05) is 30.3 Å². The van der Waals surface area contributed by atoms with E-state index >= 15 is 0 Å². The Balaban J connectivity index is 1.78. The van der Waals surface area contributed by atoms with E-state index in [4.69, 9.17) is 26.1 Å². The molecule has 0 spiro atoms. The van der Waals surface area contributed by atoms with Gasteiger partial charge >= 0.3 is 0 Å². The van der Waals surface area contributed by atoms with Crippen LogP contribution in [0.4, 0.5) is 0 Å². The molecule has 4 rings (SSSR count). The molecule has 0 saturated carbocycles. The number of benzene rings is 1. The Kier molecular flexibility index (Phi) is 5.84. The van der Waals surface area contributed by atoms with Crippen LogP contribution in [0.25, 0.3) is 11.4 Å². The fourth-order valence-corrected chi connectivity index (χ4v) is 5.04. The number of hydrogen-bond donors (Lipinski definition) is 0. The van der Waals surface area contributed by atoms with Crippen molar-refractivity contribution in [2.45, 2.75) is 64.2 Å². The van der Waals surface area contributed by atoms with Crippen LogP contribution in [0.3, 0.4) is 0 Å². The van der Waals surface area contributed by atoms with Gasteiger partial charge in [0, 0.05) is 29.9 Å². The molecule has 0 unspecified atom stereocenters. The van der Waals surface area contributed by atoms with Crippen molar-refractivity contribution in [2.24, 2.45) is 0 Å². The first kappa shape index (κ1) is 21.8. The molecular formula is C25H30ClN3O2. The van der Waals surface area contributed by atoms with Crippen LogP contribution >= 0.6 is 11.6 Å². The molecule has 0 atom stereocenters. The van der Waals surface area contributed by atoms with Crippen LogP contribution in [0.15, 0.2) is 48.8 Å². The monoisotopic (exact) mass is 439 g/mol. The third-order valence-corrected chi connectivity index (χ3v) is 5.92. The third kappa shape index (κ3) is 4.94. The molecule has 1 aromatic carbocycles. The molecule has 164 valence electrons. The molecule has 1 fully saturated rings. The largest absolute Gasteiger partial charge is 0.480 e. The lowest BCUT2D eigenvalue weighted by molar-refractivity contribution is -0.162. The second-order valence-electron chi connectivity index (χ2n) is 9.53. The van der Waals surface area contributed by atoms with Gasteiger partial charge in [-0.25, -0.2) is 9.97 Å². The number of hydrogen-bond acceptors (Lipinski definition) is 4. The molecule has 0 amide bonds.